The molecule has 0 bridgehead atoms. The molecule has 0 spiro atoms. The van der Waals surface area contributed by atoms with Crippen molar-refractivity contribution in [2.75, 3.05) is 5.32 Å². The zero-order valence-electron chi connectivity index (χ0n) is 20.5. The van der Waals surface area contributed by atoms with Gasteiger partial charge in [0.25, 0.3) is 5.56 Å². The quantitative estimate of drug-likeness (QED) is 0.357. The van der Waals surface area contributed by atoms with E-state index in [2.05, 4.69) is 31.9 Å². The summed E-state index contributed by atoms with van der Waals surface area (Å²) >= 11 is 0. The van der Waals surface area contributed by atoms with E-state index in [9.17, 15) is 9.90 Å². The van der Waals surface area contributed by atoms with Gasteiger partial charge in [-0.25, -0.2) is 19.3 Å². The van der Waals surface area contributed by atoms with E-state index in [4.69, 9.17) is 0 Å². The summed E-state index contributed by atoms with van der Waals surface area (Å²) in [6.45, 7) is 7.38. The van der Waals surface area contributed by atoms with Gasteiger partial charge in [0, 0.05) is 12.4 Å². The largest absolute Gasteiger partial charge is 0.384 e. The first-order chi connectivity index (χ1) is 16.8. The molecule has 4 heterocycles. The monoisotopic (exact) mass is 510 g/mol. The van der Waals surface area contributed by atoms with Crippen LogP contribution in [0.3, 0.4) is 0 Å². The topological polar surface area (TPSA) is 116 Å². The molecule has 0 radical (unpaired) electrons. The van der Waals surface area contributed by atoms with Crippen molar-refractivity contribution < 1.29 is 5.11 Å². The van der Waals surface area contributed by atoms with Crippen LogP contribution in [0.5, 0.6) is 0 Å². The number of pyridine rings is 1. The van der Waals surface area contributed by atoms with E-state index in [0.717, 1.165) is 18.5 Å². The smallest absolute Gasteiger partial charge is 0.278 e. The van der Waals surface area contributed by atoms with Crippen LogP contribution in [0.15, 0.2) is 54.2 Å². The van der Waals surface area contributed by atoms with Crippen molar-refractivity contribution in [3.8, 4) is 5.82 Å². The average molecular weight is 511 g/mol. The fourth-order valence-corrected chi connectivity index (χ4v) is 4.57. The van der Waals surface area contributed by atoms with E-state index in [1.807, 2.05) is 10.9 Å². The van der Waals surface area contributed by atoms with Crippen molar-refractivity contribution in [2.45, 2.75) is 64.1 Å². The summed E-state index contributed by atoms with van der Waals surface area (Å²) in [6, 6.07) is 5.74. The van der Waals surface area contributed by atoms with Crippen LogP contribution in [0, 0.1) is 0 Å². The number of rotatable bonds is 7. The average Bonchev–Trinajstić information content (AvgIpc) is 3.42. The van der Waals surface area contributed by atoms with Crippen LogP contribution in [0.2, 0.25) is 0 Å². The molecule has 1 saturated carbocycles. The first kappa shape index (κ1) is 25.6. The van der Waals surface area contributed by atoms with Crippen LogP contribution in [0.1, 0.15) is 57.7 Å². The maximum Gasteiger partial charge on any atom is 0.278 e. The number of nitrogens with zero attached hydrogens (tertiary/aromatic N) is 7. The number of halogens is 1. The van der Waals surface area contributed by atoms with Crippen molar-refractivity contribution in [2.24, 2.45) is 0 Å². The lowest BCUT2D eigenvalue weighted by Gasteiger charge is -2.21. The molecule has 36 heavy (non-hydrogen) atoms. The number of fused-ring (bicyclic) bond motifs is 1. The van der Waals surface area contributed by atoms with Gasteiger partial charge in [0.05, 0.1) is 30.2 Å². The Kier molecular flexibility index (Phi) is 7.28. The lowest BCUT2D eigenvalue weighted by atomic mass is 9.96. The molecule has 0 amide bonds. The Bertz CT molecular complexity index is 1430. The molecule has 11 heteroatoms. The van der Waals surface area contributed by atoms with Crippen LogP contribution < -0.4 is 10.9 Å². The summed E-state index contributed by atoms with van der Waals surface area (Å²) in [5.74, 6) is 0.817. The zero-order valence-corrected chi connectivity index (χ0v) is 21.3. The van der Waals surface area contributed by atoms with Crippen molar-refractivity contribution in [3.63, 3.8) is 0 Å². The summed E-state index contributed by atoms with van der Waals surface area (Å²) in [7, 11) is 0. The second-order valence-corrected chi connectivity index (χ2v) is 9.48. The van der Waals surface area contributed by atoms with Gasteiger partial charge in [-0.3, -0.25) is 9.48 Å². The van der Waals surface area contributed by atoms with Gasteiger partial charge in [-0.1, -0.05) is 31.4 Å². The minimum absolute atomic E-state index is 0. The number of allylic oxidation sites excluding steroid dienone is 1. The van der Waals surface area contributed by atoms with Crippen LogP contribution in [-0.2, 0) is 12.1 Å². The third kappa shape index (κ3) is 4.91. The van der Waals surface area contributed by atoms with Gasteiger partial charge in [-0.05, 0) is 38.8 Å². The molecule has 10 nitrogen and oxygen atoms in total. The Morgan fingerprint density at radius 3 is 2.69 bits per heavy atom. The van der Waals surface area contributed by atoms with Crippen LogP contribution in [0.4, 0.5) is 11.6 Å². The second-order valence-electron chi connectivity index (χ2n) is 9.48. The van der Waals surface area contributed by atoms with Crippen LogP contribution >= 0.6 is 12.4 Å². The molecule has 0 unspecified atom stereocenters. The molecular weight excluding hydrogens is 480 g/mol. The van der Waals surface area contributed by atoms with Crippen molar-refractivity contribution in [3.05, 3.63) is 65.5 Å². The normalized spacial score (nSPS) is 14.5. The Hall–Kier alpha value is -3.50. The van der Waals surface area contributed by atoms with Gasteiger partial charge < -0.3 is 10.4 Å². The summed E-state index contributed by atoms with van der Waals surface area (Å²) in [6.07, 6.45) is 13.0. The van der Waals surface area contributed by atoms with Crippen molar-refractivity contribution >= 4 is 35.1 Å². The number of hydrogen-bond donors (Lipinski definition) is 2. The Morgan fingerprint density at radius 1 is 1.19 bits per heavy atom. The van der Waals surface area contributed by atoms with E-state index in [1.54, 1.807) is 49.0 Å². The summed E-state index contributed by atoms with van der Waals surface area (Å²) in [5.41, 5.74) is 0.304. The molecule has 5 rings (SSSR count). The SMILES string of the molecule is C=CCn1c(=O)c2cnc(Nc3cnn(C4CCCCC4)c3)nc2n1-c1cccc(C(C)(C)O)n1.Cl. The number of nitrogens with one attached hydrogen (secondary N) is 1. The molecule has 0 aliphatic heterocycles. The molecule has 0 aromatic carbocycles. The lowest BCUT2D eigenvalue weighted by molar-refractivity contribution is 0.0738. The van der Waals surface area contributed by atoms with Gasteiger partial charge in [-0.2, -0.15) is 10.1 Å². The highest BCUT2D eigenvalue weighted by Crippen LogP contribution is 2.28. The fraction of sp³-hybridized carbons (Fsp3) is 0.400. The van der Waals surface area contributed by atoms with Gasteiger partial charge in [-0.15, -0.1) is 19.0 Å². The number of aliphatic hydroxyl groups is 1. The maximum atomic E-state index is 13.1. The minimum atomic E-state index is -1.14. The van der Waals surface area contributed by atoms with Gasteiger partial charge in [0.15, 0.2) is 11.5 Å². The molecule has 0 saturated heterocycles. The third-order valence-electron chi connectivity index (χ3n) is 6.36. The first-order valence-electron chi connectivity index (χ1n) is 12.0. The second kappa shape index (κ2) is 10.2. The summed E-state index contributed by atoms with van der Waals surface area (Å²) in [4.78, 5) is 26.8. The van der Waals surface area contributed by atoms with Gasteiger partial charge in [0.2, 0.25) is 5.95 Å². The number of hydrogen-bond acceptors (Lipinski definition) is 7. The summed E-state index contributed by atoms with van der Waals surface area (Å²) in [5, 5.41) is 18.6. The maximum absolute atomic E-state index is 13.1. The van der Waals surface area contributed by atoms with Crippen molar-refractivity contribution in [1.29, 1.82) is 0 Å². The minimum Gasteiger partial charge on any atom is -0.384 e. The highest BCUT2D eigenvalue weighted by molar-refractivity contribution is 5.85. The predicted octanol–water partition coefficient (Wildman–Crippen LogP) is 4.26. The molecule has 0 atom stereocenters. The predicted molar refractivity (Wildman–Crippen MR) is 141 cm³/mol. The Balaban J connectivity index is 0.00000304. The molecular formula is C25H31ClN8O2. The van der Waals surface area contributed by atoms with Gasteiger partial charge >= 0.3 is 0 Å². The molecule has 2 N–H and O–H groups in total. The molecule has 1 aliphatic carbocycles. The number of aromatic nitrogens is 7. The Morgan fingerprint density at radius 2 is 1.97 bits per heavy atom. The molecule has 1 fully saturated rings. The van der Waals surface area contributed by atoms with Crippen LogP contribution in [-0.4, -0.2) is 39.2 Å². The highest BCUT2D eigenvalue weighted by atomic mass is 35.5. The van der Waals surface area contributed by atoms with Crippen LogP contribution in [0.25, 0.3) is 16.9 Å². The highest BCUT2D eigenvalue weighted by Gasteiger charge is 2.22. The van der Waals surface area contributed by atoms with E-state index in [0.29, 0.717) is 34.5 Å². The molecule has 190 valence electrons. The summed E-state index contributed by atoms with van der Waals surface area (Å²) < 4.78 is 5.17. The number of anilines is 2. The molecule has 4 aromatic rings. The fourth-order valence-electron chi connectivity index (χ4n) is 4.57. The van der Waals surface area contributed by atoms with E-state index in [-0.39, 0.29) is 24.5 Å². The Labute approximate surface area is 215 Å². The van der Waals surface area contributed by atoms with E-state index < -0.39 is 5.60 Å². The lowest BCUT2D eigenvalue weighted by Crippen LogP contribution is -2.23. The standard InChI is InChI=1S/C25H30N8O2.ClH/c1-4-13-32-23(34)19-15-26-24(28-17-14-27-31(16-17)18-9-6-5-7-10-18)30-22(19)33(32)21-12-8-11-20(29-21)25(2,3)35;/h4,8,11-12,14-16,18,35H,1,5-7,9-10,13H2,2-3H3,(H,26,28,30);1H. The van der Waals surface area contributed by atoms with E-state index in [1.165, 1.54) is 30.1 Å². The van der Waals surface area contributed by atoms with E-state index >= 15 is 0 Å². The van der Waals surface area contributed by atoms with Crippen molar-refractivity contribution in [1.82, 2.24) is 34.1 Å². The third-order valence-corrected chi connectivity index (χ3v) is 6.36. The molecule has 4 aromatic heterocycles. The first-order valence-corrected chi connectivity index (χ1v) is 12.0. The van der Waals surface area contributed by atoms with Gasteiger partial charge in [0.1, 0.15) is 11.0 Å². The zero-order chi connectivity index (χ0) is 24.6. The molecule has 1 aliphatic rings.